The highest BCUT2D eigenvalue weighted by Crippen LogP contribution is 2.29. The largest absolute Gasteiger partial charge is 0.496 e. The van der Waals surface area contributed by atoms with Gasteiger partial charge in [0.25, 0.3) is 5.91 Å². The Morgan fingerprint density at radius 2 is 1.58 bits per heavy atom. The summed E-state index contributed by atoms with van der Waals surface area (Å²) in [7, 11) is 2.91. The molecule has 0 spiro atoms. The van der Waals surface area contributed by atoms with E-state index in [0.29, 0.717) is 17.1 Å². The fourth-order valence-electron chi connectivity index (χ4n) is 2.42. The van der Waals surface area contributed by atoms with Crippen molar-refractivity contribution in [1.29, 1.82) is 0 Å². The third kappa shape index (κ3) is 4.04. The number of carboxylic acids is 1. The number of carbonyl (C=O) groups is 2. The Bertz CT molecular complexity index is 692. The van der Waals surface area contributed by atoms with E-state index in [1.165, 1.54) is 14.2 Å². The van der Waals surface area contributed by atoms with Gasteiger partial charge in [0.15, 0.2) is 0 Å². The molecule has 6 heteroatoms. The number of hydrogen-bond donors (Lipinski definition) is 2. The number of carboxylic acid groups (broad SMARTS) is 1. The zero-order valence-corrected chi connectivity index (χ0v) is 13.5. The number of nitrogens with one attached hydrogen (secondary N) is 1. The topological polar surface area (TPSA) is 84.9 Å². The van der Waals surface area contributed by atoms with Crippen LogP contribution in [-0.4, -0.2) is 31.2 Å². The van der Waals surface area contributed by atoms with Crippen LogP contribution in [-0.2, 0) is 4.79 Å². The van der Waals surface area contributed by atoms with E-state index in [4.69, 9.17) is 14.6 Å². The molecule has 2 aromatic carbocycles. The number of amides is 1. The van der Waals surface area contributed by atoms with Crippen LogP contribution in [0.2, 0.25) is 0 Å². The lowest BCUT2D eigenvalue weighted by molar-refractivity contribution is -0.137. The molecular formula is C18H19NO5. The second kappa shape index (κ2) is 8.01. The minimum atomic E-state index is -1.00. The van der Waals surface area contributed by atoms with Crippen LogP contribution in [0.5, 0.6) is 11.5 Å². The third-order valence-corrected chi connectivity index (χ3v) is 3.54. The molecular weight excluding hydrogens is 310 g/mol. The van der Waals surface area contributed by atoms with Crippen molar-refractivity contribution in [3.8, 4) is 11.5 Å². The van der Waals surface area contributed by atoms with Gasteiger partial charge in [-0.1, -0.05) is 36.4 Å². The van der Waals surface area contributed by atoms with Crippen molar-refractivity contribution in [2.75, 3.05) is 14.2 Å². The van der Waals surface area contributed by atoms with Crippen molar-refractivity contribution < 1.29 is 24.2 Å². The molecule has 6 nitrogen and oxygen atoms in total. The average molecular weight is 329 g/mol. The van der Waals surface area contributed by atoms with Crippen LogP contribution in [0.15, 0.2) is 48.5 Å². The molecule has 2 aromatic rings. The predicted molar refractivity (Wildman–Crippen MR) is 88.4 cm³/mol. The van der Waals surface area contributed by atoms with Crippen molar-refractivity contribution in [3.05, 3.63) is 59.7 Å². The quantitative estimate of drug-likeness (QED) is 0.816. The summed E-state index contributed by atoms with van der Waals surface area (Å²) >= 11 is 0. The maximum atomic E-state index is 12.7. The highest BCUT2D eigenvalue weighted by molar-refractivity contribution is 6.00. The molecule has 0 saturated carbocycles. The van der Waals surface area contributed by atoms with E-state index >= 15 is 0 Å². The smallest absolute Gasteiger partial charge is 0.305 e. The first-order chi connectivity index (χ1) is 11.6. The summed E-state index contributed by atoms with van der Waals surface area (Å²) < 4.78 is 10.4. The van der Waals surface area contributed by atoms with Crippen molar-refractivity contribution >= 4 is 11.9 Å². The number of carbonyl (C=O) groups excluding carboxylic acids is 1. The standard InChI is InChI=1S/C18H19NO5/c1-23-14-9-6-10-15(24-2)17(14)18(22)19-13(11-16(20)21)12-7-4-3-5-8-12/h3-10,13H,11H2,1-2H3,(H,19,22)(H,20,21)/t13-/m1/s1. The van der Waals surface area contributed by atoms with Gasteiger partial charge in [-0.15, -0.1) is 0 Å². The van der Waals surface area contributed by atoms with Gasteiger partial charge in [0.1, 0.15) is 17.1 Å². The first-order valence-electron chi connectivity index (χ1n) is 7.35. The number of ether oxygens (including phenoxy) is 2. The maximum absolute atomic E-state index is 12.7. The van der Waals surface area contributed by atoms with Crippen LogP contribution >= 0.6 is 0 Å². The molecule has 126 valence electrons. The summed E-state index contributed by atoms with van der Waals surface area (Å²) in [5.41, 5.74) is 0.941. The van der Waals surface area contributed by atoms with Crippen molar-refractivity contribution in [2.24, 2.45) is 0 Å². The number of aliphatic carboxylic acids is 1. The lowest BCUT2D eigenvalue weighted by Crippen LogP contribution is -2.30. The molecule has 2 N–H and O–H groups in total. The molecule has 0 aliphatic carbocycles. The van der Waals surface area contributed by atoms with E-state index in [0.717, 1.165) is 0 Å². The first-order valence-corrected chi connectivity index (χ1v) is 7.35. The second-order valence-electron chi connectivity index (χ2n) is 5.07. The minimum absolute atomic E-state index is 0.229. The monoisotopic (exact) mass is 329 g/mol. The Morgan fingerprint density at radius 3 is 2.08 bits per heavy atom. The Morgan fingerprint density at radius 1 is 1.00 bits per heavy atom. The molecule has 0 fully saturated rings. The molecule has 0 heterocycles. The fraction of sp³-hybridized carbons (Fsp3) is 0.222. The van der Waals surface area contributed by atoms with Crippen LogP contribution in [0, 0.1) is 0 Å². The molecule has 0 unspecified atom stereocenters. The summed E-state index contributed by atoms with van der Waals surface area (Å²) in [6, 6.07) is 13.3. The molecule has 0 saturated heterocycles. The van der Waals surface area contributed by atoms with Gasteiger partial charge in [-0.3, -0.25) is 9.59 Å². The SMILES string of the molecule is COc1cccc(OC)c1C(=O)N[C@H](CC(=O)O)c1ccccc1. The van der Waals surface area contributed by atoms with Gasteiger partial charge >= 0.3 is 5.97 Å². The minimum Gasteiger partial charge on any atom is -0.496 e. The van der Waals surface area contributed by atoms with Crippen LogP contribution < -0.4 is 14.8 Å². The van der Waals surface area contributed by atoms with E-state index in [-0.39, 0.29) is 12.0 Å². The molecule has 1 amide bonds. The molecule has 0 aromatic heterocycles. The molecule has 1 atom stereocenters. The summed E-state index contributed by atoms with van der Waals surface area (Å²) in [5.74, 6) is -0.751. The Kier molecular flexibility index (Phi) is 5.78. The Labute approximate surface area is 140 Å². The molecule has 0 aliphatic rings. The summed E-state index contributed by atoms with van der Waals surface area (Å²) in [4.78, 5) is 23.9. The van der Waals surface area contributed by atoms with Gasteiger partial charge in [0.2, 0.25) is 0 Å². The van der Waals surface area contributed by atoms with E-state index < -0.39 is 17.9 Å². The van der Waals surface area contributed by atoms with Crippen molar-refractivity contribution in [2.45, 2.75) is 12.5 Å². The highest BCUT2D eigenvalue weighted by atomic mass is 16.5. The summed E-state index contributed by atoms with van der Waals surface area (Å²) in [5, 5.41) is 11.9. The molecule has 0 bridgehead atoms. The lowest BCUT2D eigenvalue weighted by atomic mass is 10.0. The zero-order chi connectivity index (χ0) is 17.5. The maximum Gasteiger partial charge on any atom is 0.305 e. The molecule has 0 radical (unpaired) electrons. The predicted octanol–water partition coefficient (Wildman–Crippen LogP) is 2.65. The zero-order valence-electron chi connectivity index (χ0n) is 13.5. The number of benzene rings is 2. The van der Waals surface area contributed by atoms with Gasteiger partial charge in [-0.25, -0.2) is 0 Å². The normalized spacial score (nSPS) is 11.4. The fourth-order valence-corrected chi connectivity index (χ4v) is 2.42. The van der Waals surface area contributed by atoms with Gasteiger partial charge in [-0.05, 0) is 17.7 Å². The second-order valence-corrected chi connectivity index (χ2v) is 5.07. The van der Waals surface area contributed by atoms with Crippen LogP contribution in [0.3, 0.4) is 0 Å². The van der Waals surface area contributed by atoms with Gasteiger partial charge in [-0.2, -0.15) is 0 Å². The third-order valence-electron chi connectivity index (χ3n) is 3.54. The molecule has 2 rings (SSSR count). The van der Waals surface area contributed by atoms with Crippen LogP contribution in [0.25, 0.3) is 0 Å². The number of rotatable bonds is 7. The van der Waals surface area contributed by atoms with Gasteiger partial charge in [0, 0.05) is 0 Å². The average Bonchev–Trinajstić information content (AvgIpc) is 2.60. The highest BCUT2D eigenvalue weighted by Gasteiger charge is 2.23. The van der Waals surface area contributed by atoms with Crippen molar-refractivity contribution in [3.63, 3.8) is 0 Å². The van der Waals surface area contributed by atoms with Crippen LogP contribution in [0.4, 0.5) is 0 Å². The summed E-state index contributed by atoms with van der Waals surface area (Å²) in [6.07, 6.45) is -0.229. The Balaban J connectivity index is 2.33. The van der Waals surface area contributed by atoms with Crippen molar-refractivity contribution in [1.82, 2.24) is 5.32 Å². The van der Waals surface area contributed by atoms with E-state index in [2.05, 4.69) is 5.32 Å². The van der Waals surface area contributed by atoms with Gasteiger partial charge < -0.3 is 19.9 Å². The van der Waals surface area contributed by atoms with E-state index in [9.17, 15) is 9.59 Å². The Hall–Kier alpha value is -3.02. The van der Waals surface area contributed by atoms with E-state index in [1.54, 1.807) is 42.5 Å². The first kappa shape index (κ1) is 17.3. The molecule has 0 aliphatic heterocycles. The summed E-state index contributed by atoms with van der Waals surface area (Å²) in [6.45, 7) is 0. The number of methoxy groups -OCH3 is 2. The van der Waals surface area contributed by atoms with Crippen LogP contribution in [0.1, 0.15) is 28.4 Å². The van der Waals surface area contributed by atoms with E-state index in [1.807, 2.05) is 6.07 Å². The number of hydrogen-bond acceptors (Lipinski definition) is 4. The van der Waals surface area contributed by atoms with Gasteiger partial charge in [0.05, 0.1) is 26.7 Å². The molecule has 24 heavy (non-hydrogen) atoms. The lowest BCUT2D eigenvalue weighted by Gasteiger charge is -2.19.